The first-order chi connectivity index (χ1) is 11.4. The minimum absolute atomic E-state index is 0.209. The predicted octanol–water partition coefficient (Wildman–Crippen LogP) is 3.40. The highest BCUT2D eigenvalue weighted by atomic mass is 19.4. The Labute approximate surface area is 133 Å². The number of carbonyl (C=O) groups excluding carboxylic acids is 1. The summed E-state index contributed by atoms with van der Waals surface area (Å²) < 4.78 is 41.5. The third kappa shape index (κ3) is 3.40. The number of hydrogen-bond donors (Lipinski definition) is 1. The third-order valence-corrected chi connectivity index (χ3v) is 2.98. The molecule has 1 amide bonds. The minimum atomic E-state index is -4.70. The van der Waals surface area contributed by atoms with E-state index in [4.69, 9.17) is 0 Å². The van der Waals surface area contributed by atoms with Crippen LogP contribution in [0.2, 0.25) is 0 Å². The summed E-state index contributed by atoms with van der Waals surface area (Å²) in [6, 6.07) is 10.8. The maximum absolute atomic E-state index is 12.4. The van der Waals surface area contributed by atoms with Crippen LogP contribution in [0.5, 0.6) is 0 Å². The van der Waals surface area contributed by atoms with Crippen LogP contribution in [0.3, 0.4) is 0 Å². The van der Waals surface area contributed by atoms with Gasteiger partial charge in [0.1, 0.15) is 5.82 Å². The second-order valence-electron chi connectivity index (χ2n) is 4.67. The van der Waals surface area contributed by atoms with Crippen LogP contribution in [-0.4, -0.2) is 21.0 Å². The van der Waals surface area contributed by atoms with Gasteiger partial charge in [-0.1, -0.05) is 23.4 Å². The molecule has 3 aromatic rings. The van der Waals surface area contributed by atoms with Crippen LogP contribution in [0.4, 0.5) is 19.0 Å². The molecule has 0 aliphatic rings. The average molecular weight is 334 g/mol. The first kappa shape index (κ1) is 15.7. The lowest BCUT2D eigenvalue weighted by atomic mass is 10.1. The molecular weight excluding hydrogens is 325 g/mol. The maximum atomic E-state index is 12.4. The van der Waals surface area contributed by atoms with E-state index in [9.17, 15) is 18.0 Å². The van der Waals surface area contributed by atoms with Crippen molar-refractivity contribution in [2.24, 2.45) is 0 Å². The van der Waals surface area contributed by atoms with Gasteiger partial charge in [0, 0.05) is 17.3 Å². The van der Waals surface area contributed by atoms with E-state index >= 15 is 0 Å². The number of benzene rings is 1. The molecule has 0 saturated carbocycles. The SMILES string of the molecule is O=C(Nc1ccccn1)c1ccc(-c2noc(C(F)(F)F)n2)cc1. The number of anilines is 1. The highest BCUT2D eigenvalue weighted by Crippen LogP contribution is 2.29. The van der Waals surface area contributed by atoms with Gasteiger partial charge in [-0.15, -0.1) is 0 Å². The molecule has 6 nitrogen and oxygen atoms in total. The average Bonchev–Trinajstić information content (AvgIpc) is 3.06. The third-order valence-electron chi connectivity index (χ3n) is 2.98. The summed E-state index contributed by atoms with van der Waals surface area (Å²) in [5.41, 5.74) is 0.604. The number of rotatable bonds is 3. The zero-order chi connectivity index (χ0) is 17.2. The van der Waals surface area contributed by atoms with Crippen molar-refractivity contribution in [2.45, 2.75) is 6.18 Å². The van der Waals surface area contributed by atoms with E-state index in [1.54, 1.807) is 18.2 Å². The molecule has 1 aromatic carbocycles. The molecule has 122 valence electrons. The first-order valence-corrected chi connectivity index (χ1v) is 6.67. The normalized spacial score (nSPS) is 11.3. The lowest BCUT2D eigenvalue weighted by Gasteiger charge is -2.04. The van der Waals surface area contributed by atoms with E-state index in [2.05, 4.69) is 25.0 Å². The molecule has 0 fully saturated rings. The Kier molecular flexibility index (Phi) is 3.98. The number of pyridine rings is 1. The number of nitrogens with one attached hydrogen (secondary N) is 1. The van der Waals surface area contributed by atoms with Crippen LogP contribution in [0.1, 0.15) is 16.2 Å². The van der Waals surface area contributed by atoms with Gasteiger partial charge in [0.05, 0.1) is 0 Å². The molecule has 0 unspecified atom stereocenters. The van der Waals surface area contributed by atoms with Gasteiger partial charge in [-0.05, 0) is 24.3 Å². The Hall–Kier alpha value is -3.23. The molecule has 0 saturated heterocycles. The molecule has 0 atom stereocenters. The second kappa shape index (κ2) is 6.11. The Balaban J connectivity index is 1.76. The smallest absolute Gasteiger partial charge is 0.329 e. The van der Waals surface area contributed by atoms with Gasteiger partial charge >= 0.3 is 12.1 Å². The standard InChI is InChI=1S/C15H9F3N4O2/c16-15(17,18)14-21-12(22-24-14)9-4-6-10(7-5-9)13(23)20-11-3-1-2-8-19-11/h1-8H,(H,19,20,23). The van der Waals surface area contributed by atoms with Crippen molar-refractivity contribution in [3.05, 3.63) is 60.1 Å². The molecule has 9 heteroatoms. The van der Waals surface area contributed by atoms with Gasteiger partial charge in [-0.25, -0.2) is 4.98 Å². The number of amides is 1. The van der Waals surface area contributed by atoms with Crippen molar-refractivity contribution in [1.29, 1.82) is 0 Å². The van der Waals surface area contributed by atoms with Crippen molar-refractivity contribution in [2.75, 3.05) is 5.32 Å². The van der Waals surface area contributed by atoms with Crippen molar-refractivity contribution in [3.63, 3.8) is 0 Å². The van der Waals surface area contributed by atoms with Gasteiger partial charge in [0.2, 0.25) is 5.82 Å². The fourth-order valence-electron chi connectivity index (χ4n) is 1.85. The highest BCUT2D eigenvalue weighted by Gasteiger charge is 2.38. The minimum Gasteiger partial charge on any atom is -0.329 e. The van der Waals surface area contributed by atoms with Crippen LogP contribution >= 0.6 is 0 Å². The lowest BCUT2D eigenvalue weighted by molar-refractivity contribution is -0.159. The van der Waals surface area contributed by atoms with Gasteiger partial charge in [0.15, 0.2) is 0 Å². The number of aromatic nitrogens is 3. The predicted molar refractivity (Wildman–Crippen MR) is 76.9 cm³/mol. The van der Waals surface area contributed by atoms with Gasteiger partial charge in [-0.2, -0.15) is 18.2 Å². The lowest BCUT2D eigenvalue weighted by Crippen LogP contribution is -2.12. The fraction of sp³-hybridized carbons (Fsp3) is 0.0667. The summed E-state index contributed by atoms with van der Waals surface area (Å²) in [4.78, 5) is 19.3. The molecule has 24 heavy (non-hydrogen) atoms. The number of halogens is 3. The van der Waals surface area contributed by atoms with Crippen molar-refractivity contribution < 1.29 is 22.5 Å². The van der Waals surface area contributed by atoms with Gasteiger partial charge in [0.25, 0.3) is 5.91 Å². The van der Waals surface area contributed by atoms with Crippen molar-refractivity contribution in [3.8, 4) is 11.4 Å². The summed E-state index contributed by atoms with van der Waals surface area (Å²) in [6.45, 7) is 0. The topological polar surface area (TPSA) is 80.9 Å². The molecule has 2 aromatic heterocycles. The highest BCUT2D eigenvalue weighted by molar-refractivity contribution is 6.03. The molecular formula is C15H9F3N4O2. The van der Waals surface area contributed by atoms with E-state index < -0.39 is 18.0 Å². The summed E-state index contributed by atoms with van der Waals surface area (Å²) in [5, 5.41) is 5.87. The molecule has 3 rings (SSSR count). The van der Waals surface area contributed by atoms with Crippen LogP contribution in [0, 0.1) is 0 Å². The van der Waals surface area contributed by atoms with E-state index in [-0.39, 0.29) is 5.82 Å². The summed E-state index contributed by atoms with van der Waals surface area (Å²) in [6.07, 6.45) is -3.17. The first-order valence-electron chi connectivity index (χ1n) is 6.67. The van der Waals surface area contributed by atoms with Crippen LogP contribution in [-0.2, 0) is 6.18 Å². The van der Waals surface area contributed by atoms with Crippen molar-refractivity contribution >= 4 is 11.7 Å². The Morgan fingerprint density at radius 2 is 1.83 bits per heavy atom. The van der Waals surface area contributed by atoms with Crippen LogP contribution in [0.15, 0.2) is 53.2 Å². The monoisotopic (exact) mass is 334 g/mol. The Bertz CT molecular complexity index is 845. The molecule has 0 aliphatic heterocycles. The van der Waals surface area contributed by atoms with Gasteiger partial charge < -0.3 is 9.84 Å². The van der Waals surface area contributed by atoms with Crippen molar-refractivity contribution in [1.82, 2.24) is 15.1 Å². The van der Waals surface area contributed by atoms with E-state index in [1.807, 2.05) is 0 Å². The largest absolute Gasteiger partial charge is 0.471 e. The fourth-order valence-corrected chi connectivity index (χ4v) is 1.85. The zero-order valence-corrected chi connectivity index (χ0v) is 11.9. The molecule has 0 aliphatic carbocycles. The second-order valence-corrected chi connectivity index (χ2v) is 4.67. The van der Waals surface area contributed by atoms with Crippen LogP contribution in [0.25, 0.3) is 11.4 Å². The quantitative estimate of drug-likeness (QED) is 0.794. The molecule has 1 N–H and O–H groups in total. The van der Waals surface area contributed by atoms with E-state index in [0.29, 0.717) is 16.9 Å². The zero-order valence-electron chi connectivity index (χ0n) is 11.9. The Morgan fingerprint density at radius 3 is 2.42 bits per heavy atom. The van der Waals surface area contributed by atoms with E-state index in [1.165, 1.54) is 30.5 Å². The number of hydrogen-bond acceptors (Lipinski definition) is 5. The van der Waals surface area contributed by atoms with Crippen LogP contribution < -0.4 is 5.32 Å². The Morgan fingerprint density at radius 1 is 1.08 bits per heavy atom. The summed E-state index contributed by atoms with van der Waals surface area (Å²) in [7, 11) is 0. The van der Waals surface area contributed by atoms with E-state index in [0.717, 1.165) is 0 Å². The molecule has 0 bridgehead atoms. The number of nitrogens with zero attached hydrogens (tertiary/aromatic N) is 3. The number of carbonyl (C=O) groups is 1. The molecule has 2 heterocycles. The molecule has 0 radical (unpaired) electrons. The molecule has 0 spiro atoms. The van der Waals surface area contributed by atoms with Gasteiger partial charge in [-0.3, -0.25) is 4.79 Å². The summed E-state index contributed by atoms with van der Waals surface area (Å²) >= 11 is 0. The maximum Gasteiger partial charge on any atom is 0.471 e. The number of alkyl halides is 3. The summed E-state index contributed by atoms with van der Waals surface area (Å²) in [5.74, 6) is -1.64.